The van der Waals surface area contributed by atoms with Gasteiger partial charge in [-0.2, -0.15) is 11.8 Å². The molecular weight excluding hydrogens is 262 g/mol. The monoisotopic (exact) mass is 276 g/mol. The van der Waals surface area contributed by atoms with Gasteiger partial charge in [0.2, 0.25) is 0 Å². The Balaban J connectivity index is 1.96. The summed E-state index contributed by atoms with van der Waals surface area (Å²) in [5.41, 5.74) is 2.16. The van der Waals surface area contributed by atoms with Crippen LogP contribution >= 0.6 is 11.8 Å². The molecule has 0 aliphatic rings. The lowest BCUT2D eigenvalue weighted by Gasteiger charge is -2.06. The van der Waals surface area contributed by atoms with Crippen LogP contribution in [0.5, 0.6) is 0 Å². The molecule has 0 amide bonds. The van der Waals surface area contributed by atoms with Crippen LogP contribution in [0.1, 0.15) is 11.1 Å². The lowest BCUT2D eigenvalue weighted by molar-refractivity contribution is 0.425. The summed E-state index contributed by atoms with van der Waals surface area (Å²) in [5.74, 6) is 1.03. The van der Waals surface area contributed by atoms with Crippen molar-refractivity contribution in [3.05, 3.63) is 65.5 Å². The first-order chi connectivity index (χ1) is 9.15. The van der Waals surface area contributed by atoms with Crippen molar-refractivity contribution in [1.82, 2.24) is 0 Å². The van der Waals surface area contributed by atoms with Gasteiger partial charge in [-0.05, 0) is 28.7 Å². The first-order valence-corrected chi connectivity index (χ1v) is 7.08. The van der Waals surface area contributed by atoms with Gasteiger partial charge < -0.3 is 10.0 Å². The third-order valence-electron chi connectivity index (χ3n) is 2.66. The standard InChI is InChI=1S/C14H14BFO2S/c16-14-7-12(6-13(8-14)15(17)18)10-19-9-11-4-2-1-3-5-11/h1-8,17-18H,9-10H2. The molecule has 0 radical (unpaired) electrons. The molecule has 0 aliphatic heterocycles. The van der Waals surface area contributed by atoms with E-state index < -0.39 is 12.9 Å². The van der Waals surface area contributed by atoms with E-state index in [2.05, 4.69) is 0 Å². The molecule has 0 saturated carbocycles. The Morgan fingerprint density at radius 3 is 2.32 bits per heavy atom. The minimum atomic E-state index is -1.63. The Kier molecular flexibility index (Phi) is 5.02. The highest BCUT2D eigenvalue weighted by molar-refractivity contribution is 7.97. The van der Waals surface area contributed by atoms with Crippen LogP contribution in [-0.4, -0.2) is 17.2 Å². The van der Waals surface area contributed by atoms with Crippen LogP contribution in [0, 0.1) is 5.82 Å². The van der Waals surface area contributed by atoms with Crippen LogP contribution in [0.2, 0.25) is 0 Å². The maximum atomic E-state index is 13.3. The zero-order chi connectivity index (χ0) is 13.7. The summed E-state index contributed by atoms with van der Waals surface area (Å²) in [7, 11) is -1.63. The van der Waals surface area contributed by atoms with Crippen LogP contribution in [0.4, 0.5) is 4.39 Å². The van der Waals surface area contributed by atoms with Gasteiger partial charge in [-0.15, -0.1) is 0 Å². The second-order valence-electron chi connectivity index (χ2n) is 4.24. The molecule has 2 aromatic carbocycles. The zero-order valence-corrected chi connectivity index (χ0v) is 11.1. The number of thioether (sulfide) groups is 1. The maximum Gasteiger partial charge on any atom is 0.488 e. The fourth-order valence-electron chi connectivity index (χ4n) is 1.77. The summed E-state index contributed by atoms with van der Waals surface area (Å²) in [6.45, 7) is 0. The third-order valence-corrected chi connectivity index (χ3v) is 3.73. The minimum Gasteiger partial charge on any atom is -0.423 e. The number of rotatable bonds is 5. The number of halogens is 1. The topological polar surface area (TPSA) is 40.5 Å². The average molecular weight is 276 g/mol. The van der Waals surface area contributed by atoms with E-state index in [1.54, 1.807) is 17.8 Å². The summed E-state index contributed by atoms with van der Waals surface area (Å²) in [6.07, 6.45) is 0. The second kappa shape index (κ2) is 6.75. The molecule has 0 fully saturated rings. The lowest BCUT2D eigenvalue weighted by Crippen LogP contribution is -2.30. The van der Waals surface area contributed by atoms with Gasteiger partial charge in [0.05, 0.1) is 0 Å². The van der Waals surface area contributed by atoms with Gasteiger partial charge >= 0.3 is 7.12 Å². The Morgan fingerprint density at radius 2 is 1.63 bits per heavy atom. The van der Waals surface area contributed by atoms with E-state index in [4.69, 9.17) is 10.0 Å². The molecule has 0 atom stereocenters. The molecule has 19 heavy (non-hydrogen) atoms. The lowest BCUT2D eigenvalue weighted by atomic mass is 9.79. The summed E-state index contributed by atoms with van der Waals surface area (Å²) >= 11 is 1.66. The van der Waals surface area contributed by atoms with Gasteiger partial charge in [-0.25, -0.2) is 4.39 Å². The highest BCUT2D eigenvalue weighted by Gasteiger charge is 2.13. The normalized spacial score (nSPS) is 10.5. The van der Waals surface area contributed by atoms with Gasteiger partial charge in [0.1, 0.15) is 5.82 Å². The Morgan fingerprint density at radius 1 is 0.947 bits per heavy atom. The quantitative estimate of drug-likeness (QED) is 0.820. The molecule has 2 aromatic rings. The van der Waals surface area contributed by atoms with E-state index >= 15 is 0 Å². The van der Waals surface area contributed by atoms with Gasteiger partial charge in [-0.3, -0.25) is 0 Å². The Bertz CT molecular complexity index is 534. The average Bonchev–Trinajstić information content (AvgIpc) is 2.39. The Hall–Kier alpha value is -1.30. The van der Waals surface area contributed by atoms with E-state index in [1.165, 1.54) is 11.6 Å². The predicted octanol–water partition coefficient (Wildman–Crippen LogP) is 1.94. The summed E-state index contributed by atoms with van der Waals surface area (Å²) in [6, 6.07) is 14.2. The summed E-state index contributed by atoms with van der Waals surface area (Å²) in [4.78, 5) is 0. The maximum absolute atomic E-state index is 13.3. The molecule has 2 nitrogen and oxygen atoms in total. The molecule has 2 rings (SSSR count). The van der Waals surface area contributed by atoms with Gasteiger partial charge in [0.25, 0.3) is 0 Å². The largest absolute Gasteiger partial charge is 0.488 e. The smallest absolute Gasteiger partial charge is 0.423 e. The molecule has 98 valence electrons. The van der Waals surface area contributed by atoms with Crippen LogP contribution in [0.3, 0.4) is 0 Å². The first-order valence-electron chi connectivity index (χ1n) is 5.92. The van der Waals surface area contributed by atoms with Crippen LogP contribution in [-0.2, 0) is 11.5 Å². The van der Waals surface area contributed by atoms with Gasteiger partial charge in [0.15, 0.2) is 0 Å². The molecule has 0 spiro atoms. The van der Waals surface area contributed by atoms with E-state index in [-0.39, 0.29) is 5.46 Å². The molecule has 5 heteroatoms. The van der Waals surface area contributed by atoms with Crippen LogP contribution < -0.4 is 5.46 Å². The van der Waals surface area contributed by atoms with E-state index in [0.29, 0.717) is 5.75 Å². The van der Waals surface area contributed by atoms with Crippen molar-refractivity contribution in [3.8, 4) is 0 Å². The fraction of sp³-hybridized carbons (Fsp3) is 0.143. The van der Waals surface area contributed by atoms with Crippen molar-refractivity contribution in [2.75, 3.05) is 0 Å². The van der Waals surface area contributed by atoms with E-state index in [1.807, 2.05) is 30.3 Å². The third kappa shape index (κ3) is 4.38. The van der Waals surface area contributed by atoms with Gasteiger partial charge in [-0.1, -0.05) is 36.4 Å². The molecule has 2 N–H and O–H groups in total. The Labute approximate surface area is 116 Å². The van der Waals surface area contributed by atoms with Crippen molar-refractivity contribution in [2.45, 2.75) is 11.5 Å². The predicted molar refractivity (Wildman–Crippen MR) is 77.7 cm³/mol. The number of hydrogen-bond donors (Lipinski definition) is 2. The van der Waals surface area contributed by atoms with Crippen molar-refractivity contribution < 1.29 is 14.4 Å². The molecular formula is C14H14BFO2S. The molecule has 0 bridgehead atoms. The van der Waals surface area contributed by atoms with Crippen LogP contribution in [0.15, 0.2) is 48.5 Å². The van der Waals surface area contributed by atoms with Crippen LogP contribution in [0.25, 0.3) is 0 Å². The molecule has 0 saturated heterocycles. The first kappa shape index (κ1) is 14.1. The SMILES string of the molecule is OB(O)c1cc(F)cc(CSCc2ccccc2)c1. The molecule has 0 heterocycles. The fourth-order valence-corrected chi connectivity index (χ4v) is 2.70. The van der Waals surface area contributed by atoms with Crippen molar-refractivity contribution in [1.29, 1.82) is 0 Å². The number of benzene rings is 2. The van der Waals surface area contributed by atoms with Crippen molar-refractivity contribution in [3.63, 3.8) is 0 Å². The highest BCUT2D eigenvalue weighted by Crippen LogP contribution is 2.17. The van der Waals surface area contributed by atoms with Crippen molar-refractivity contribution in [2.24, 2.45) is 0 Å². The second-order valence-corrected chi connectivity index (χ2v) is 5.23. The van der Waals surface area contributed by atoms with E-state index in [9.17, 15) is 4.39 Å². The van der Waals surface area contributed by atoms with Crippen molar-refractivity contribution >= 4 is 24.3 Å². The summed E-state index contributed by atoms with van der Waals surface area (Å²) < 4.78 is 13.3. The highest BCUT2D eigenvalue weighted by atomic mass is 32.2. The summed E-state index contributed by atoms with van der Waals surface area (Å²) in [5, 5.41) is 18.1. The van der Waals surface area contributed by atoms with E-state index in [0.717, 1.165) is 17.4 Å². The molecule has 0 aliphatic carbocycles. The molecule has 0 unspecified atom stereocenters. The molecule has 0 aromatic heterocycles. The minimum absolute atomic E-state index is 0.190. The zero-order valence-electron chi connectivity index (χ0n) is 10.3. The number of hydrogen-bond acceptors (Lipinski definition) is 3. The van der Waals surface area contributed by atoms with Gasteiger partial charge in [0, 0.05) is 11.5 Å².